The number of benzene rings is 2. The number of rotatable bonds is 4. The van der Waals surface area contributed by atoms with Crippen molar-refractivity contribution in [1.82, 2.24) is 4.98 Å². The van der Waals surface area contributed by atoms with Gasteiger partial charge in [-0.05, 0) is 49.4 Å². The van der Waals surface area contributed by atoms with Gasteiger partial charge in [0.15, 0.2) is 6.61 Å². The molecule has 0 bridgehead atoms. The van der Waals surface area contributed by atoms with E-state index in [4.69, 9.17) is 16.3 Å². The molecule has 0 saturated carbocycles. The molecular formula is C19H15ClN2O3. The number of anilines is 1. The molecule has 0 fully saturated rings. The number of aryl methyl sites for hydroxylation is 1. The van der Waals surface area contributed by atoms with Crippen LogP contribution in [-0.4, -0.2) is 23.5 Å². The van der Waals surface area contributed by atoms with E-state index in [2.05, 4.69) is 10.3 Å². The van der Waals surface area contributed by atoms with Crippen LogP contribution in [0.15, 0.2) is 54.6 Å². The number of hydrogen-bond donors (Lipinski definition) is 1. The summed E-state index contributed by atoms with van der Waals surface area (Å²) in [6.07, 6.45) is 0. The Morgan fingerprint density at radius 3 is 2.60 bits per heavy atom. The summed E-state index contributed by atoms with van der Waals surface area (Å²) in [7, 11) is 0. The van der Waals surface area contributed by atoms with Gasteiger partial charge in [-0.25, -0.2) is 9.78 Å². The number of carbonyl (C=O) groups is 2. The van der Waals surface area contributed by atoms with Crippen molar-refractivity contribution in [3.8, 4) is 0 Å². The summed E-state index contributed by atoms with van der Waals surface area (Å²) in [5.41, 5.74) is 2.78. The Morgan fingerprint density at radius 1 is 1.08 bits per heavy atom. The molecule has 0 saturated heterocycles. The molecule has 0 unspecified atom stereocenters. The topological polar surface area (TPSA) is 68.3 Å². The summed E-state index contributed by atoms with van der Waals surface area (Å²) < 4.78 is 5.06. The monoisotopic (exact) mass is 354 g/mol. The molecule has 0 aliphatic heterocycles. The maximum Gasteiger partial charge on any atom is 0.338 e. The molecular weight excluding hydrogens is 340 g/mol. The average molecular weight is 355 g/mol. The van der Waals surface area contributed by atoms with E-state index < -0.39 is 11.9 Å². The van der Waals surface area contributed by atoms with Crippen molar-refractivity contribution < 1.29 is 14.3 Å². The average Bonchev–Trinajstić information content (AvgIpc) is 2.61. The third kappa shape index (κ3) is 4.33. The molecule has 0 spiro atoms. The van der Waals surface area contributed by atoms with Crippen LogP contribution in [0.5, 0.6) is 0 Å². The Bertz CT molecular complexity index is 939. The summed E-state index contributed by atoms with van der Waals surface area (Å²) in [4.78, 5) is 28.1. The van der Waals surface area contributed by atoms with Crippen molar-refractivity contribution in [1.29, 1.82) is 0 Å². The van der Waals surface area contributed by atoms with Crippen LogP contribution in [-0.2, 0) is 9.53 Å². The number of ether oxygens (including phenoxy) is 1. The van der Waals surface area contributed by atoms with Gasteiger partial charge in [-0.3, -0.25) is 4.79 Å². The lowest BCUT2D eigenvalue weighted by atomic mass is 10.1. The SMILES string of the molecule is Cc1ccc(NC(=O)COC(=O)c2ccc3nc(Cl)ccc3c2)cc1. The van der Waals surface area contributed by atoms with Gasteiger partial charge in [-0.1, -0.05) is 29.3 Å². The van der Waals surface area contributed by atoms with E-state index in [-0.39, 0.29) is 6.61 Å². The van der Waals surface area contributed by atoms with E-state index in [1.165, 1.54) is 0 Å². The highest BCUT2D eigenvalue weighted by Crippen LogP contribution is 2.17. The highest BCUT2D eigenvalue weighted by atomic mass is 35.5. The molecule has 2 aromatic carbocycles. The number of fused-ring (bicyclic) bond motifs is 1. The molecule has 1 N–H and O–H groups in total. The van der Waals surface area contributed by atoms with Crippen LogP contribution in [0.3, 0.4) is 0 Å². The van der Waals surface area contributed by atoms with Crippen LogP contribution < -0.4 is 5.32 Å². The fourth-order valence-corrected chi connectivity index (χ4v) is 2.43. The molecule has 3 rings (SSSR count). The van der Waals surface area contributed by atoms with Crippen molar-refractivity contribution in [2.24, 2.45) is 0 Å². The molecule has 1 aromatic heterocycles. The Balaban J connectivity index is 1.61. The standard InChI is InChI=1S/C19H15ClN2O3/c1-12-2-6-15(7-3-12)21-18(23)11-25-19(24)14-4-8-16-13(10-14)5-9-17(20)22-16/h2-10H,11H2,1H3,(H,21,23). The van der Waals surface area contributed by atoms with Crippen molar-refractivity contribution in [2.45, 2.75) is 6.92 Å². The summed E-state index contributed by atoms with van der Waals surface area (Å²) in [6.45, 7) is 1.60. The zero-order valence-corrected chi connectivity index (χ0v) is 14.2. The minimum absolute atomic E-state index is 0.347. The number of aromatic nitrogens is 1. The number of pyridine rings is 1. The maximum atomic E-state index is 12.1. The predicted molar refractivity (Wildman–Crippen MR) is 96.8 cm³/mol. The fourth-order valence-electron chi connectivity index (χ4n) is 2.28. The van der Waals surface area contributed by atoms with Gasteiger partial charge < -0.3 is 10.1 Å². The highest BCUT2D eigenvalue weighted by molar-refractivity contribution is 6.29. The van der Waals surface area contributed by atoms with Gasteiger partial charge in [0.25, 0.3) is 5.91 Å². The van der Waals surface area contributed by atoms with Gasteiger partial charge in [-0.15, -0.1) is 0 Å². The summed E-state index contributed by atoms with van der Waals surface area (Å²) in [5.74, 6) is -0.970. The normalized spacial score (nSPS) is 10.5. The lowest BCUT2D eigenvalue weighted by Crippen LogP contribution is -2.20. The molecule has 0 aliphatic carbocycles. The molecule has 1 amide bonds. The molecule has 1 heterocycles. The van der Waals surface area contributed by atoms with E-state index in [9.17, 15) is 9.59 Å². The number of halogens is 1. The van der Waals surface area contributed by atoms with E-state index in [1.54, 1.807) is 42.5 Å². The molecule has 126 valence electrons. The Labute approximate surface area is 149 Å². The van der Waals surface area contributed by atoms with Gasteiger partial charge in [0.2, 0.25) is 0 Å². The molecule has 25 heavy (non-hydrogen) atoms. The van der Waals surface area contributed by atoms with E-state index in [1.807, 2.05) is 19.1 Å². The summed E-state index contributed by atoms with van der Waals surface area (Å²) in [5, 5.41) is 3.82. The van der Waals surface area contributed by atoms with Gasteiger partial charge >= 0.3 is 5.97 Å². The third-order valence-corrected chi connectivity index (χ3v) is 3.77. The van der Waals surface area contributed by atoms with Crippen LogP contribution in [0.1, 0.15) is 15.9 Å². The van der Waals surface area contributed by atoms with E-state index in [0.29, 0.717) is 21.9 Å². The van der Waals surface area contributed by atoms with Crippen LogP contribution in [0.25, 0.3) is 10.9 Å². The van der Waals surface area contributed by atoms with Crippen molar-refractivity contribution >= 4 is 40.1 Å². The first kappa shape index (κ1) is 16.9. The van der Waals surface area contributed by atoms with Crippen LogP contribution in [0.4, 0.5) is 5.69 Å². The summed E-state index contributed by atoms with van der Waals surface area (Å²) in [6, 6.07) is 15.7. The predicted octanol–water partition coefficient (Wildman–Crippen LogP) is 3.99. The number of carbonyl (C=O) groups excluding carboxylic acids is 2. The molecule has 0 radical (unpaired) electrons. The molecule has 3 aromatic rings. The zero-order valence-electron chi connectivity index (χ0n) is 13.5. The van der Waals surface area contributed by atoms with Crippen LogP contribution in [0, 0.1) is 6.92 Å². The highest BCUT2D eigenvalue weighted by Gasteiger charge is 2.11. The lowest BCUT2D eigenvalue weighted by Gasteiger charge is -2.07. The molecule has 0 atom stereocenters. The second-order valence-corrected chi connectivity index (χ2v) is 5.92. The minimum Gasteiger partial charge on any atom is -0.452 e. The van der Waals surface area contributed by atoms with Crippen molar-refractivity contribution in [3.63, 3.8) is 0 Å². The Hall–Kier alpha value is -2.92. The first-order valence-corrected chi connectivity index (χ1v) is 7.99. The maximum absolute atomic E-state index is 12.1. The second kappa shape index (κ2) is 7.32. The Kier molecular flexibility index (Phi) is 4.95. The molecule has 0 aliphatic rings. The first-order chi connectivity index (χ1) is 12.0. The van der Waals surface area contributed by atoms with E-state index in [0.717, 1.165) is 10.9 Å². The first-order valence-electron chi connectivity index (χ1n) is 7.61. The molecule has 6 heteroatoms. The number of nitrogens with one attached hydrogen (secondary N) is 1. The lowest BCUT2D eigenvalue weighted by molar-refractivity contribution is -0.119. The molecule has 5 nitrogen and oxygen atoms in total. The van der Waals surface area contributed by atoms with Gasteiger partial charge in [0.05, 0.1) is 11.1 Å². The van der Waals surface area contributed by atoms with Crippen LogP contribution in [0.2, 0.25) is 5.15 Å². The number of nitrogens with zero attached hydrogens (tertiary/aromatic N) is 1. The fraction of sp³-hybridized carbons (Fsp3) is 0.105. The zero-order chi connectivity index (χ0) is 17.8. The Morgan fingerprint density at radius 2 is 1.84 bits per heavy atom. The van der Waals surface area contributed by atoms with E-state index >= 15 is 0 Å². The second-order valence-electron chi connectivity index (χ2n) is 5.53. The van der Waals surface area contributed by atoms with Crippen molar-refractivity contribution in [2.75, 3.05) is 11.9 Å². The minimum atomic E-state index is -0.573. The number of amides is 1. The smallest absolute Gasteiger partial charge is 0.338 e. The van der Waals surface area contributed by atoms with Crippen LogP contribution >= 0.6 is 11.6 Å². The van der Waals surface area contributed by atoms with Crippen molar-refractivity contribution in [3.05, 3.63) is 70.9 Å². The third-order valence-electron chi connectivity index (χ3n) is 3.56. The largest absolute Gasteiger partial charge is 0.452 e. The van der Waals surface area contributed by atoms with Gasteiger partial charge in [0, 0.05) is 11.1 Å². The van der Waals surface area contributed by atoms with Gasteiger partial charge in [-0.2, -0.15) is 0 Å². The van der Waals surface area contributed by atoms with Gasteiger partial charge in [0.1, 0.15) is 5.15 Å². The summed E-state index contributed by atoms with van der Waals surface area (Å²) >= 11 is 5.83. The number of esters is 1. The number of hydrogen-bond acceptors (Lipinski definition) is 4. The quantitative estimate of drug-likeness (QED) is 0.568.